The van der Waals surface area contributed by atoms with Gasteiger partial charge in [-0.15, -0.1) is 0 Å². The number of aromatic nitrogens is 2. The van der Waals surface area contributed by atoms with Gasteiger partial charge in [0.25, 0.3) is 5.56 Å². The molecule has 5 nitrogen and oxygen atoms in total. The Morgan fingerprint density at radius 3 is 2.76 bits per heavy atom. The molecule has 0 aliphatic rings. The molecular formula is C11H7ClN2O3. The number of carboxylic acids is 1. The van der Waals surface area contributed by atoms with Crippen LogP contribution >= 0.6 is 11.6 Å². The van der Waals surface area contributed by atoms with E-state index in [-0.39, 0.29) is 11.4 Å². The summed E-state index contributed by atoms with van der Waals surface area (Å²) in [5.74, 6) is -1.23. The van der Waals surface area contributed by atoms with Crippen molar-refractivity contribution in [2.75, 3.05) is 0 Å². The average Bonchev–Trinajstić information content (AvgIpc) is 2.28. The molecule has 0 spiro atoms. The molecule has 0 unspecified atom stereocenters. The van der Waals surface area contributed by atoms with Crippen LogP contribution in [-0.2, 0) is 0 Å². The fourth-order valence-corrected chi connectivity index (χ4v) is 1.54. The maximum absolute atomic E-state index is 11.6. The van der Waals surface area contributed by atoms with E-state index in [9.17, 15) is 9.59 Å². The number of halogens is 1. The van der Waals surface area contributed by atoms with Gasteiger partial charge in [0.15, 0.2) is 0 Å². The molecule has 1 aromatic carbocycles. The third-order valence-electron chi connectivity index (χ3n) is 2.11. The van der Waals surface area contributed by atoms with E-state index in [0.29, 0.717) is 10.6 Å². The van der Waals surface area contributed by atoms with Gasteiger partial charge in [-0.1, -0.05) is 23.7 Å². The lowest BCUT2D eigenvalue weighted by atomic mass is 10.1. The van der Waals surface area contributed by atoms with E-state index in [0.717, 1.165) is 6.20 Å². The van der Waals surface area contributed by atoms with Gasteiger partial charge < -0.3 is 10.1 Å². The predicted molar refractivity (Wildman–Crippen MR) is 62.3 cm³/mol. The number of nitrogens with zero attached hydrogens (tertiary/aromatic N) is 1. The zero-order chi connectivity index (χ0) is 12.4. The normalized spacial score (nSPS) is 10.2. The highest BCUT2D eigenvalue weighted by Crippen LogP contribution is 2.17. The Labute approximate surface area is 101 Å². The van der Waals surface area contributed by atoms with Crippen molar-refractivity contribution in [2.45, 2.75) is 0 Å². The average molecular weight is 251 g/mol. The van der Waals surface area contributed by atoms with Gasteiger partial charge in [-0.2, -0.15) is 0 Å². The SMILES string of the molecule is O=C(O)c1cnc(-c2cccc(Cl)c2)c(=O)[nH]1. The monoisotopic (exact) mass is 250 g/mol. The van der Waals surface area contributed by atoms with Crippen LogP contribution in [0.5, 0.6) is 0 Å². The second kappa shape index (κ2) is 4.39. The summed E-state index contributed by atoms with van der Waals surface area (Å²) in [4.78, 5) is 28.3. The van der Waals surface area contributed by atoms with Crippen molar-refractivity contribution in [3.05, 3.63) is 51.5 Å². The zero-order valence-corrected chi connectivity index (χ0v) is 9.23. The number of carbonyl (C=O) groups is 1. The summed E-state index contributed by atoms with van der Waals surface area (Å²) in [6.45, 7) is 0. The number of aromatic amines is 1. The summed E-state index contributed by atoms with van der Waals surface area (Å²) >= 11 is 5.79. The number of hydrogen-bond donors (Lipinski definition) is 2. The standard InChI is InChI=1S/C11H7ClN2O3/c12-7-3-1-2-6(4-7)9-10(15)14-8(5-13-9)11(16)17/h1-5H,(H,14,15)(H,16,17). The quantitative estimate of drug-likeness (QED) is 0.851. The highest BCUT2D eigenvalue weighted by atomic mass is 35.5. The van der Waals surface area contributed by atoms with E-state index in [1.807, 2.05) is 0 Å². The summed E-state index contributed by atoms with van der Waals surface area (Å²) in [5, 5.41) is 9.16. The minimum absolute atomic E-state index is 0.137. The molecule has 0 fully saturated rings. The van der Waals surface area contributed by atoms with Crippen LogP contribution in [0, 0.1) is 0 Å². The smallest absolute Gasteiger partial charge is 0.354 e. The number of aromatic carboxylic acids is 1. The molecule has 1 aromatic heterocycles. The second-order valence-corrected chi connectivity index (χ2v) is 3.73. The predicted octanol–water partition coefficient (Wildman–Crippen LogP) is 1.79. The summed E-state index contributed by atoms with van der Waals surface area (Å²) < 4.78 is 0. The highest BCUT2D eigenvalue weighted by molar-refractivity contribution is 6.30. The molecule has 17 heavy (non-hydrogen) atoms. The van der Waals surface area contributed by atoms with Crippen LogP contribution < -0.4 is 5.56 Å². The van der Waals surface area contributed by atoms with Crippen LogP contribution in [0.25, 0.3) is 11.3 Å². The summed E-state index contributed by atoms with van der Waals surface area (Å²) in [5.41, 5.74) is -0.138. The summed E-state index contributed by atoms with van der Waals surface area (Å²) in [7, 11) is 0. The van der Waals surface area contributed by atoms with Crippen LogP contribution in [0.15, 0.2) is 35.3 Å². The molecule has 2 rings (SSSR count). The van der Waals surface area contributed by atoms with Gasteiger partial charge in [-0.25, -0.2) is 9.78 Å². The van der Waals surface area contributed by atoms with Crippen molar-refractivity contribution in [1.29, 1.82) is 0 Å². The Bertz CT molecular complexity index is 637. The van der Waals surface area contributed by atoms with Crippen molar-refractivity contribution in [1.82, 2.24) is 9.97 Å². The van der Waals surface area contributed by atoms with Crippen LogP contribution in [0.2, 0.25) is 5.02 Å². The molecule has 0 radical (unpaired) electrons. The Balaban J connectivity index is 2.54. The van der Waals surface area contributed by atoms with E-state index in [1.165, 1.54) is 0 Å². The molecule has 6 heteroatoms. The number of carboxylic acid groups (broad SMARTS) is 1. The lowest BCUT2D eigenvalue weighted by molar-refractivity contribution is 0.0689. The van der Waals surface area contributed by atoms with Crippen molar-refractivity contribution in [3.63, 3.8) is 0 Å². The molecule has 2 aromatic rings. The minimum Gasteiger partial charge on any atom is -0.477 e. The third-order valence-corrected chi connectivity index (χ3v) is 2.35. The van der Waals surface area contributed by atoms with Crippen LogP contribution in [-0.4, -0.2) is 21.0 Å². The molecule has 0 bridgehead atoms. The molecule has 0 aliphatic carbocycles. The molecule has 0 amide bonds. The van der Waals surface area contributed by atoms with Crippen molar-refractivity contribution < 1.29 is 9.90 Å². The van der Waals surface area contributed by atoms with Gasteiger partial charge in [0, 0.05) is 10.6 Å². The summed E-state index contributed by atoms with van der Waals surface area (Å²) in [6.07, 6.45) is 1.10. The molecular weight excluding hydrogens is 244 g/mol. The Morgan fingerprint density at radius 1 is 1.41 bits per heavy atom. The van der Waals surface area contributed by atoms with Crippen LogP contribution in [0.4, 0.5) is 0 Å². The van der Waals surface area contributed by atoms with Crippen LogP contribution in [0.1, 0.15) is 10.5 Å². The van der Waals surface area contributed by atoms with Gasteiger partial charge in [-0.3, -0.25) is 4.79 Å². The summed E-state index contributed by atoms with van der Waals surface area (Å²) in [6, 6.07) is 6.61. The first-order valence-corrected chi connectivity index (χ1v) is 5.04. The molecule has 0 atom stereocenters. The highest BCUT2D eigenvalue weighted by Gasteiger charge is 2.09. The number of hydrogen-bond acceptors (Lipinski definition) is 3. The van der Waals surface area contributed by atoms with E-state index >= 15 is 0 Å². The number of benzene rings is 1. The van der Waals surface area contributed by atoms with Gasteiger partial charge in [-0.05, 0) is 12.1 Å². The molecule has 0 aliphatic heterocycles. The molecule has 86 valence electrons. The molecule has 0 saturated heterocycles. The third kappa shape index (κ3) is 2.34. The van der Waals surface area contributed by atoms with Crippen molar-refractivity contribution in [2.24, 2.45) is 0 Å². The van der Waals surface area contributed by atoms with E-state index in [4.69, 9.17) is 16.7 Å². The lowest BCUT2D eigenvalue weighted by Crippen LogP contribution is -2.16. The maximum atomic E-state index is 11.6. The number of nitrogens with one attached hydrogen (secondary N) is 1. The maximum Gasteiger partial charge on any atom is 0.354 e. The first-order chi connectivity index (χ1) is 8.08. The number of H-pyrrole nitrogens is 1. The van der Waals surface area contributed by atoms with Gasteiger partial charge in [0.1, 0.15) is 11.4 Å². The fourth-order valence-electron chi connectivity index (χ4n) is 1.35. The van der Waals surface area contributed by atoms with Crippen LogP contribution in [0.3, 0.4) is 0 Å². The second-order valence-electron chi connectivity index (χ2n) is 3.29. The van der Waals surface area contributed by atoms with Gasteiger partial charge in [0.05, 0.1) is 6.20 Å². The zero-order valence-electron chi connectivity index (χ0n) is 8.48. The van der Waals surface area contributed by atoms with Gasteiger partial charge in [0.2, 0.25) is 0 Å². The van der Waals surface area contributed by atoms with Gasteiger partial charge >= 0.3 is 5.97 Å². The van der Waals surface area contributed by atoms with E-state index in [2.05, 4.69) is 9.97 Å². The minimum atomic E-state index is -1.23. The first-order valence-electron chi connectivity index (χ1n) is 4.66. The van der Waals surface area contributed by atoms with E-state index < -0.39 is 11.5 Å². The lowest BCUT2D eigenvalue weighted by Gasteiger charge is -2.01. The largest absolute Gasteiger partial charge is 0.477 e. The Morgan fingerprint density at radius 2 is 2.18 bits per heavy atom. The topological polar surface area (TPSA) is 83.0 Å². The van der Waals surface area contributed by atoms with Crippen molar-refractivity contribution in [3.8, 4) is 11.3 Å². The molecule has 0 saturated carbocycles. The van der Waals surface area contributed by atoms with Crippen molar-refractivity contribution >= 4 is 17.6 Å². The molecule has 1 heterocycles. The Hall–Kier alpha value is -2.14. The first kappa shape index (κ1) is 11.3. The molecule has 2 N–H and O–H groups in total. The fraction of sp³-hybridized carbons (Fsp3) is 0. The van der Waals surface area contributed by atoms with E-state index in [1.54, 1.807) is 24.3 Å². The Kier molecular flexibility index (Phi) is 2.93. The number of rotatable bonds is 2.